The maximum absolute atomic E-state index is 4.38. The van der Waals surface area contributed by atoms with Crippen LogP contribution in [0.1, 0.15) is 47.9 Å². The highest BCUT2D eigenvalue weighted by Crippen LogP contribution is 2.41. The molecule has 1 heterocycles. The van der Waals surface area contributed by atoms with Crippen molar-refractivity contribution in [3.8, 4) is 0 Å². The van der Waals surface area contributed by atoms with Crippen molar-refractivity contribution < 1.29 is 0 Å². The van der Waals surface area contributed by atoms with Crippen LogP contribution in [0.2, 0.25) is 0 Å². The minimum atomic E-state index is 1.13. The van der Waals surface area contributed by atoms with Crippen molar-refractivity contribution in [3.63, 3.8) is 0 Å². The van der Waals surface area contributed by atoms with E-state index in [0.29, 0.717) is 0 Å². The van der Waals surface area contributed by atoms with Crippen molar-refractivity contribution in [3.05, 3.63) is 65.0 Å². The van der Waals surface area contributed by atoms with Gasteiger partial charge in [0.25, 0.3) is 0 Å². The van der Waals surface area contributed by atoms with Gasteiger partial charge in [-0.2, -0.15) is 0 Å². The fourth-order valence-electron chi connectivity index (χ4n) is 3.71. The molecule has 2 aromatic rings. The third-order valence-electron chi connectivity index (χ3n) is 4.71. The lowest BCUT2D eigenvalue weighted by molar-refractivity contribution is 0.748. The average molecular weight is 261 g/mol. The molecule has 20 heavy (non-hydrogen) atoms. The minimum Gasteiger partial charge on any atom is -0.264 e. The van der Waals surface area contributed by atoms with Gasteiger partial charge < -0.3 is 0 Å². The second-order valence-corrected chi connectivity index (χ2v) is 5.85. The minimum absolute atomic E-state index is 1.13. The summed E-state index contributed by atoms with van der Waals surface area (Å²) in [7, 11) is 0. The zero-order chi connectivity index (χ0) is 13.4. The van der Waals surface area contributed by atoms with Crippen LogP contribution in [0.3, 0.4) is 0 Å². The summed E-state index contributed by atoms with van der Waals surface area (Å²) in [5, 5.41) is 0. The summed E-state index contributed by atoms with van der Waals surface area (Å²) in [5.41, 5.74) is 9.05. The van der Waals surface area contributed by atoms with E-state index >= 15 is 0 Å². The highest BCUT2D eigenvalue weighted by Gasteiger charge is 2.22. The van der Waals surface area contributed by atoms with E-state index in [1.807, 2.05) is 6.20 Å². The summed E-state index contributed by atoms with van der Waals surface area (Å²) in [4.78, 5) is 4.38. The van der Waals surface area contributed by atoms with Gasteiger partial charge in [0.05, 0.1) is 0 Å². The molecular weight excluding hydrogens is 242 g/mol. The highest BCUT2D eigenvalue weighted by molar-refractivity contribution is 5.93. The molecule has 4 rings (SSSR count). The number of hydrogen-bond acceptors (Lipinski definition) is 1. The summed E-state index contributed by atoms with van der Waals surface area (Å²) < 4.78 is 0. The molecule has 1 heteroatoms. The van der Waals surface area contributed by atoms with Gasteiger partial charge in [-0.25, -0.2) is 0 Å². The number of aromatic nitrogens is 1. The Balaban J connectivity index is 2.00. The van der Waals surface area contributed by atoms with Crippen LogP contribution in [-0.2, 0) is 12.8 Å². The third-order valence-corrected chi connectivity index (χ3v) is 4.71. The van der Waals surface area contributed by atoms with Crippen LogP contribution in [-0.4, -0.2) is 4.98 Å². The van der Waals surface area contributed by atoms with Gasteiger partial charge in [-0.1, -0.05) is 24.3 Å². The molecule has 2 aliphatic carbocycles. The van der Waals surface area contributed by atoms with Crippen LogP contribution in [0.15, 0.2) is 42.7 Å². The van der Waals surface area contributed by atoms with Crippen molar-refractivity contribution in [1.82, 2.24) is 4.98 Å². The lowest BCUT2D eigenvalue weighted by atomic mass is 9.78. The van der Waals surface area contributed by atoms with Gasteiger partial charge in [-0.05, 0) is 78.0 Å². The second-order valence-electron chi connectivity index (χ2n) is 5.85. The molecule has 0 saturated carbocycles. The van der Waals surface area contributed by atoms with E-state index in [2.05, 4.69) is 41.5 Å². The first kappa shape index (κ1) is 11.9. The van der Waals surface area contributed by atoms with Crippen molar-refractivity contribution in [1.29, 1.82) is 0 Å². The van der Waals surface area contributed by atoms with Crippen LogP contribution < -0.4 is 0 Å². The number of hydrogen-bond donors (Lipinski definition) is 0. The Morgan fingerprint density at radius 3 is 2.25 bits per heavy atom. The predicted octanol–water partition coefficient (Wildman–Crippen LogP) is 4.67. The third kappa shape index (κ3) is 1.89. The summed E-state index contributed by atoms with van der Waals surface area (Å²) in [6.07, 6.45) is 11.4. The smallest absolute Gasteiger partial charge is 0.0345 e. The van der Waals surface area contributed by atoms with Crippen LogP contribution in [0.4, 0.5) is 0 Å². The van der Waals surface area contributed by atoms with Gasteiger partial charge in [-0.3, -0.25) is 4.98 Å². The van der Waals surface area contributed by atoms with Crippen LogP contribution in [0, 0.1) is 0 Å². The highest BCUT2D eigenvalue weighted by atomic mass is 14.6. The molecule has 0 unspecified atom stereocenters. The van der Waals surface area contributed by atoms with Crippen molar-refractivity contribution in [2.45, 2.75) is 38.5 Å². The van der Waals surface area contributed by atoms with Crippen molar-refractivity contribution >= 4 is 11.1 Å². The Kier molecular flexibility index (Phi) is 2.91. The fourth-order valence-corrected chi connectivity index (χ4v) is 3.71. The summed E-state index contributed by atoms with van der Waals surface area (Å²) in [5.74, 6) is 0. The Bertz CT molecular complexity index is 622. The lowest BCUT2D eigenvalue weighted by Crippen LogP contribution is -2.08. The molecule has 0 saturated heterocycles. The molecule has 0 fully saturated rings. The number of benzene rings is 1. The largest absolute Gasteiger partial charge is 0.264 e. The Hall–Kier alpha value is -1.89. The molecule has 0 aliphatic heterocycles. The molecule has 1 aromatic heterocycles. The zero-order valence-electron chi connectivity index (χ0n) is 11.7. The molecule has 0 spiro atoms. The van der Waals surface area contributed by atoms with Gasteiger partial charge in [-0.15, -0.1) is 0 Å². The molecule has 0 bridgehead atoms. The SMILES string of the molecule is c1ccc2c(c1)CCc1ccncc1C1=C2CCCC1. The number of rotatable bonds is 0. The first-order valence-electron chi connectivity index (χ1n) is 7.67. The summed E-state index contributed by atoms with van der Waals surface area (Å²) >= 11 is 0. The summed E-state index contributed by atoms with van der Waals surface area (Å²) in [6.45, 7) is 0. The molecule has 2 aliphatic rings. The Labute approximate surface area is 120 Å². The van der Waals surface area contributed by atoms with Crippen molar-refractivity contribution in [2.24, 2.45) is 0 Å². The van der Waals surface area contributed by atoms with Gasteiger partial charge in [0.1, 0.15) is 0 Å². The van der Waals surface area contributed by atoms with Crippen molar-refractivity contribution in [2.75, 3.05) is 0 Å². The van der Waals surface area contributed by atoms with Gasteiger partial charge in [0.15, 0.2) is 0 Å². The Morgan fingerprint density at radius 2 is 1.40 bits per heavy atom. The van der Waals surface area contributed by atoms with E-state index in [1.54, 1.807) is 11.1 Å². The van der Waals surface area contributed by atoms with E-state index in [4.69, 9.17) is 0 Å². The summed E-state index contributed by atoms with van der Waals surface area (Å²) in [6, 6.07) is 11.2. The number of aryl methyl sites for hydroxylation is 2. The van der Waals surface area contributed by atoms with Crippen LogP contribution >= 0.6 is 0 Å². The van der Waals surface area contributed by atoms with E-state index in [9.17, 15) is 0 Å². The molecule has 100 valence electrons. The molecule has 0 amide bonds. The van der Waals surface area contributed by atoms with Crippen LogP contribution in [0.25, 0.3) is 11.1 Å². The fraction of sp³-hybridized carbons (Fsp3) is 0.316. The van der Waals surface area contributed by atoms with E-state index in [0.717, 1.165) is 12.8 Å². The molecule has 0 atom stereocenters. The van der Waals surface area contributed by atoms with Crippen LogP contribution in [0.5, 0.6) is 0 Å². The topological polar surface area (TPSA) is 12.9 Å². The zero-order valence-corrected chi connectivity index (χ0v) is 11.7. The van der Waals surface area contributed by atoms with E-state index < -0.39 is 0 Å². The number of nitrogens with zero attached hydrogens (tertiary/aromatic N) is 1. The molecule has 0 N–H and O–H groups in total. The number of pyridine rings is 1. The Morgan fingerprint density at radius 1 is 0.700 bits per heavy atom. The quantitative estimate of drug-likeness (QED) is 0.672. The second kappa shape index (κ2) is 4.90. The lowest BCUT2D eigenvalue weighted by Gasteiger charge is -2.26. The maximum atomic E-state index is 4.38. The molecule has 1 aromatic carbocycles. The normalized spacial score (nSPS) is 17.6. The van der Waals surface area contributed by atoms with Gasteiger partial charge in [0.2, 0.25) is 0 Å². The maximum Gasteiger partial charge on any atom is 0.0345 e. The number of allylic oxidation sites excluding steroid dienone is 2. The molecule has 1 nitrogen and oxygen atoms in total. The van der Waals surface area contributed by atoms with Gasteiger partial charge in [0, 0.05) is 12.4 Å². The molecule has 0 radical (unpaired) electrons. The first-order chi connectivity index (χ1) is 9.93. The number of fused-ring (bicyclic) bond motifs is 4. The van der Waals surface area contributed by atoms with E-state index in [-0.39, 0.29) is 0 Å². The standard InChI is InChI=1S/C19H19N/c1-2-6-16-14(5-1)9-10-15-11-12-20-13-19(15)18-8-4-3-7-17(16)18/h1-2,5-6,11-13H,3-4,7-10H2. The van der Waals surface area contributed by atoms with Gasteiger partial charge >= 0.3 is 0 Å². The first-order valence-corrected chi connectivity index (χ1v) is 7.67. The average Bonchev–Trinajstić information content (AvgIpc) is 2.52. The predicted molar refractivity (Wildman–Crippen MR) is 83.4 cm³/mol. The monoisotopic (exact) mass is 261 g/mol. The molecular formula is C19H19N. The van der Waals surface area contributed by atoms with E-state index in [1.165, 1.54) is 47.9 Å².